The molecule has 0 unspecified atom stereocenters. The van der Waals surface area contributed by atoms with Crippen molar-refractivity contribution in [1.29, 1.82) is 0 Å². The molecule has 2 aliphatic carbocycles. The molecule has 34 heavy (non-hydrogen) atoms. The third-order valence-corrected chi connectivity index (χ3v) is 7.18. The molecule has 5 rings (SSSR count). The summed E-state index contributed by atoms with van der Waals surface area (Å²) in [5.41, 5.74) is 3.15. The van der Waals surface area contributed by atoms with E-state index < -0.39 is 17.7 Å². The monoisotopic (exact) mass is 463 g/mol. The third-order valence-electron chi connectivity index (χ3n) is 7.18. The molecule has 1 N–H and O–H groups in total. The maximum absolute atomic E-state index is 15.0. The highest BCUT2D eigenvalue weighted by atomic mass is 19.1. The Morgan fingerprint density at radius 1 is 1.00 bits per heavy atom. The van der Waals surface area contributed by atoms with E-state index in [2.05, 4.69) is 5.32 Å². The predicted octanol–water partition coefficient (Wildman–Crippen LogP) is 5.81. The molecule has 6 heteroatoms. The average molecular weight is 464 g/mol. The van der Waals surface area contributed by atoms with E-state index in [4.69, 9.17) is 4.74 Å². The van der Waals surface area contributed by atoms with Crippen LogP contribution in [0.5, 0.6) is 0 Å². The van der Waals surface area contributed by atoms with Gasteiger partial charge in [0.1, 0.15) is 17.7 Å². The molecule has 0 bridgehead atoms. The molecule has 3 aliphatic rings. The second-order valence-corrected chi connectivity index (χ2v) is 9.40. The van der Waals surface area contributed by atoms with Crippen LogP contribution in [-0.4, -0.2) is 17.9 Å². The first-order valence-electron chi connectivity index (χ1n) is 11.9. The molecular weight excluding hydrogens is 436 g/mol. The second kappa shape index (κ2) is 9.16. The lowest BCUT2D eigenvalue weighted by Gasteiger charge is -2.37. The number of allylic oxidation sites excluding steroid dienone is 3. The van der Waals surface area contributed by atoms with Crippen molar-refractivity contribution in [2.45, 2.75) is 63.4 Å². The number of carbonyl (C=O) groups excluding carboxylic acids is 2. The van der Waals surface area contributed by atoms with Crippen LogP contribution in [0.4, 0.5) is 8.78 Å². The molecule has 176 valence electrons. The summed E-state index contributed by atoms with van der Waals surface area (Å²) in [6.07, 6.45) is 4.26. The van der Waals surface area contributed by atoms with Gasteiger partial charge in [0.05, 0.1) is 11.5 Å². The lowest BCUT2D eigenvalue weighted by atomic mass is 9.71. The standard InChI is InChI=1S/C28H27F2NO3/c1-16-25(28(33)34-20-6-2-3-7-20)26(21-8-4-5-9-22(21)30)27-23(31-16)14-18(15-24(27)32)17-10-12-19(29)13-11-17/h4-5,8-13,18,20,26,31H,2-3,6-7,14-15H2,1H3/t18-,26-/m0/s1. The minimum Gasteiger partial charge on any atom is -0.459 e. The molecular formula is C28H27F2NO3. The Labute approximate surface area is 197 Å². The molecule has 4 nitrogen and oxygen atoms in total. The van der Waals surface area contributed by atoms with Gasteiger partial charge in [0, 0.05) is 29.0 Å². The fourth-order valence-electron chi connectivity index (χ4n) is 5.52. The molecule has 0 spiro atoms. The molecule has 0 saturated heterocycles. The largest absolute Gasteiger partial charge is 0.459 e. The van der Waals surface area contributed by atoms with Gasteiger partial charge in [0.25, 0.3) is 0 Å². The number of hydrogen-bond acceptors (Lipinski definition) is 4. The van der Waals surface area contributed by atoms with Crippen LogP contribution in [0, 0.1) is 11.6 Å². The van der Waals surface area contributed by atoms with Crippen LogP contribution in [0.3, 0.4) is 0 Å². The van der Waals surface area contributed by atoms with E-state index in [1.165, 1.54) is 18.2 Å². The van der Waals surface area contributed by atoms with E-state index in [1.807, 2.05) is 0 Å². The van der Waals surface area contributed by atoms with Crippen molar-refractivity contribution in [3.8, 4) is 0 Å². The normalized spacial score (nSPS) is 23.1. The van der Waals surface area contributed by atoms with Crippen LogP contribution in [0.15, 0.2) is 71.1 Å². The van der Waals surface area contributed by atoms with Gasteiger partial charge in [-0.25, -0.2) is 13.6 Å². The molecule has 1 fully saturated rings. The summed E-state index contributed by atoms with van der Waals surface area (Å²) in [5, 5.41) is 3.28. The van der Waals surface area contributed by atoms with Gasteiger partial charge >= 0.3 is 5.97 Å². The van der Waals surface area contributed by atoms with Gasteiger partial charge in [-0.1, -0.05) is 30.3 Å². The number of ether oxygens (including phenoxy) is 1. The average Bonchev–Trinajstić information content (AvgIpc) is 3.32. The molecule has 2 aromatic rings. The van der Waals surface area contributed by atoms with E-state index in [-0.39, 0.29) is 30.0 Å². The van der Waals surface area contributed by atoms with E-state index >= 15 is 4.39 Å². The quantitative estimate of drug-likeness (QED) is 0.581. The minimum atomic E-state index is -0.826. The number of dihydropyridines is 1. The van der Waals surface area contributed by atoms with Crippen molar-refractivity contribution in [1.82, 2.24) is 5.32 Å². The summed E-state index contributed by atoms with van der Waals surface area (Å²) in [6, 6.07) is 12.5. The van der Waals surface area contributed by atoms with Gasteiger partial charge in [-0.2, -0.15) is 0 Å². The Kier molecular flexibility index (Phi) is 6.07. The highest BCUT2D eigenvalue weighted by molar-refractivity contribution is 6.04. The zero-order valence-electron chi connectivity index (χ0n) is 19.1. The second-order valence-electron chi connectivity index (χ2n) is 9.40. The summed E-state index contributed by atoms with van der Waals surface area (Å²) in [7, 11) is 0. The fourth-order valence-corrected chi connectivity index (χ4v) is 5.52. The highest BCUT2D eigenvalue weighted by Gasteiger charge is 2.42. The number of benzene rings is 2. The van der Waals surface area contributed by atoms with E-state index in [0.29, 0.717) is 34.5 Å². The molecule has 0 radical (unpaired) electrons. The summed E-state index contributed by atoms with van der Waals surface area (Å²) < 4.78 is 34.3. The van der Waals surface area contributed by atoms with Gasteiger partial charge in [0.2, 0.25) is 0 Å². The lowest BCUT2D eigenvalue weighted by Crippen LogP contribution is -2.37. The van der Waals surface area contributed by atoms with Crippen molar-refractivity contribution < 1.29 is 23.1 Å². The van der Waals surface area contributed by atoms with Crippen molar-refractivity contribution in [3.63, 3.8) is 0 Å². The van der Waals surface area contributed by atoms with Crippen LogP contribution in [0.25, 0.3) is 0 Å². The van der Waals surface area contributed by atoms with Gasteiger partial charge in [-0.05, 0) is 68.7 Å². The third kappa shape index (κ3) is 4.17. The first kappa shape index (κ1) is 22.5. The van der Waals surface area contributed by atoms with Crippen molar-refractivity contribution in [2.75, 3.05) is 0 Å². The highest BCUT2D eigenvalue weighted by Crippen LogP contribution is 2.46. The van der Waals surface area contributed by atoms with Crippen molar-refractivity contribution in [3.05, 3.63) is 93.8 Å². The fraction of sp³-hybridized carbons (Fsp3) is 0.357. The summed E-state index contributed by atoms with van der Waals surface area (Å²) in [6.45, 7) is 1.77. The first-order chi connectivity index (χ1) is 16.4. The van der Waals surface area contributed by atoms with Crippen molar-refractivity contribution in [2.24, 2.45) is 0 Å². The van der Waals surface area contributed by atoms with Crippen molar-refractivity contribution >= 4 is 11.8 Å². The van der Waals surface area contributed by atoms with Gasteiger partial charge in [0.15, 0.2) is 5.78 Å². The molecule has 2 atom stereocenters. The SMILES string of the molecule is CC1=C(C(=O)OC2CCCC2)[C@H](c2ccccc2F)C2=C(C[C@H](c3ccc(F)cc3)CC2=O)N1. The Hall–Kier alpha value is -3.28. The lowest BCUT2D eigenvalue weighted by molar-refractivity contribution is -0.144. The minimum absolute atomic E-state index is 0.125. The topological polar surface area (TPSA) is 55.4 Å². The molecule has 1 aliphatic heterocycles. The summed E-state index contributed by atoms with van der Waals surface area (Å²) in [4.78, 5) is 26.9. The van der Waals surface area contributed by atoms with E-state index in [0.717, 1.165) is 31.2 Å². The summed E-state index contributed by atoms with van der Waals surface area (Å²) in [5.74, 6) is -2.38. The van der Waals surface area contributed by atoms with Gasteiger partial charge < -0.3 is 10.1 Å². The van der Waals surface area contributed by atoms with Crippen LogP contribution in [0.1, 0.15) is 68.4 Å². The number of esters is 1. The maximum Gasteiger partial charge on any atom is 0.337 e. The molecule has 1 heterocycles. The number of ketones is 1. The molecule has 1 saturated carbocycles. The maximum atomic E-state index is 15.0. The zero-order valence-corrected chi connectivity index (χ0v) is 19.1. The van der Waals surface area contributed by atoms with Crippen LogP contribution >= 0.6 is 0 Å². The first-order valence-corrected chi connectivity index (χ1v) is 11.9. The van der Waals surface area contributed by atoms with Crippen LogP contribution in [-0.2, 0) is 14.3 Å². The van der Waals surface area contributed by atoms with E-state index in [1.54, 1.807) is 37.3 Å². The smallest absolute Gasteiger partial charge is 0.337 e. The Balaban J connectivity index is 1.55. The zero-order chi connectivity index (χ0) is 23.8. The number of hydrogen-bond donors (Lipinski definition) is 1. The van der Waals surface area contributed by atoms with Crippen LogP contribution < -0.4 is 5.32 Å². The Bertz CT molecular complexity index is 1190. The van der Waals surface area contributed by atoms with Crippen LogP contribution in [0.2, 0.25) is 0 Å². The number of carbonyl (C=O) groups is 2. The summed E-state index contributed by atoms with van der Waals surface area (Å²) >= 11 is 0. The Morgan fingerprint density at radius 3 is 2.41 bits per heavy atom. The number of nitrogens with one attached hydrogen (secondary N) is 1. The predicted molar refractivity (Wildman–Crippen MR) is 124 cm³/mol. The molecule has 0 aromatic heterocycles. The molecule has 2 aromatic carbocycles. The van der Waals surface area contributed by atoms with Gasteiger partial charge in [-0.3, -0.25) is 4.79 Å². The Morgan fingerprint density at radius 2 is 1.71 bits per heavy atom. The number of Topliss-reactive ketones (excluding diaryl/α,β-unsaturated/α-hetero) is 1. The molecule has 0 amide bonds. The number of halogens is 2. The van der Waals surface area contributed by atoms with E-state index in [9.17, 15) is 14.0 Å². The number of rotatable bonds is 4. The van der Waals surface area contributed by atoms with Gasteiger partial charge in [-0.15, -0.1) is 0 Å².